The van der Waals surface area contributed by atoms with Crippen molar-refractivity contribution in [2.75, 3.05) is 11.9 Å². The lowest BCUT2D eigenvalue weighted by Crippen LogP contribution is -2.43. The maximum absolute atomic E-state index is 12.9. The summed E-state index contributed by atoms with van der Waals surface area (Å²) in [6.45, 7) is 0.559. The number of likely N-dealkylation sites (tertiary alicyclic amines) is 1. The first-order valence-electron chi connectivity index (χ1n) is 8.98. The highest BCUT2D eigenvalue weighted by atomic mass is 79.9. The van der Waals surface area contributed by atoms with Gasteiger partial charge >= 0.3 is 0 Å². The van der Waals surface area contributed by atoms with Crippen molar-refractivity contribution in [3.63, 3.8) is 0 Å². The van der Waals surface area contributed by atoms with Gasteiger partial charge in [-0.2, -0.15) is 0 Å². The summed E-state index contributed by atoms with van der Waals surface area (Å²) >= 11 is 8.10. The topological polar surface area (TPSA) is 75.2 Å². The van der Waals surface area contributed by atoms with Gasteiger partial charge in [-0.25, -0.2) is 0 Å². The second-order valence-corrected chi connectivity index (χ2v) is 9.38. The van der Waals surface area contributed by atoms with Gasteiger partial charge in [0.2, 0.25) is 11.0 Å². The van der Waals surface area contributed by atoms with Crippen LogP contribution in [-0.4, -0.2) is 39.5 Å². The van der Waals surface area contributed by atoms with E-state index in [1.165, 1.54) is 11.3 Å². The van der Waals surface area contributed by atoms with Crippen molar-refractivity contribution in [1.82, 2.24) is 15.1 Å². The molecule has 6 nitrogen and oxygen atoms in total. The van der Waals surface area contributed by atoms with Gasteiger partial charge in [0.15, 0.2) is 0 Å². The molecule has 1 unspecified atom stereocenters. The molecule has 29 heavy (non-hydrogen) atoms. The van der Waals surface area contributed by atoms with Crippen molar-refractivity contribution < 1.29 is 9.59 Å². The average Bonchev–Trinajstić information content (AvgIpc) is 3.38. The molecule has 4 rings (SSSR count). The first-order chi connectivity index (χ1) is 14.0. The highest BCUT2D eigenvalue weighted by molar-refractivity contribution is 9.10. The highest BCUT2D eigenvalue weighted by Crippen LogP contribution is 2.28. The van der Waals surface area contributed by atoms with Crippen LogP contribution in [-0.2, 0) is 4.79 Å². The molecule has 0 bridgehead atoms. The Kier molecular flexibility index (Phi) is 6.07. The Hall–Kier alpha value is -2.10. The van der Waals surface area contributed by atoms with Crippen LogP contribution in [0.1, 0.15) is 23.2 Å². The molecule has 148 valence electrons. The molecule has 3 aromatic rings. The standard InChI is InChI=1S/C20H16Br2N4O2S/c21-14-8-6-12(7-9-14)18-24-25-20(29-18)23-17(27)16-5-2-10-26(16)19(28)13-3-1-4-15(22)11-13/h1,3-4,6-9,11,16H,2,5,10H2,(H,23,25,27). The molecule has 2 aromatic carbocycles. The SMILES string of the molecule is O=C(Nc1nnc(-c2ccc(Br)cc2)s1)C1CCCN1C(=O)c1cccc(Br)c1. The van der Waals surface area contributed by atoms with Crippen LogP contribution in [0, 0.1) is 0 Å². The molecule has 2 amide bonds. The maximum atomic E-state index is 12.9. The Morgan fingerprint density at radius 3 is 2.62 bits per heavy atom. The van der Waals surface area contributed by atoms with Crippen LogP contribution in [0.5, 0.6) is 0 Å². The van der Waals surface area contributed by atoms with Crippen LogP contribution in [0.3, 0.4) is 0 Å². The lowest BCUT2D eigenvalue weighted by Gasteiger charge is -2.23. The van der Waals surface area contributed by atoms with E-state index in [1.807, 2.05) is 36.4 Å². The number of hydrogen-bond acceptors (Lipinski definition) is 5. The molecule has 1 saturated heterocycles. The first kappa shape index (κ1) is 20.2. The fraction of sp³-hybridized carbons (Fsp3) is 0.200. The van der Waals surface area contributed by atoms with Gasteiger partial charge < -0.3 is 4.90 Å². The number of carbonyl (C=O) groups is 2. The number of halogens is 2. The van der Waals surface area contributed by atoms with E-state index in [2.05, 4.69) is 47.4 Å². The molecule has 0 aliphatic carbocycles. The van der Waals surface area contributed by atoms with Gasteiger partial charge in [0.25, 0.3) is 5.91 Å². The zero-order valence-corrected chi connectivity index (χ0v) is 19.1. The summed E-state index contributed by atoms with van der Waals surface area (Å²) in [6.07, 6.45) is 1.42. The van der Waals surface area contributed by atoms with Gasteiger partial charge in [0, 0.05) is 26.6 Å². The molecular formula is C20H16Br2N4O2S. The van der Waals surface area contributed by atoms with Gasteiger partial charge in [0.1, 0.15) is 11.0 Å². The van der Waals surface area contributed by atoms with Crippen LogP contribution >= 0.6 is 43.2 Å². The molecule has 9 heteroatoms. The normalized spacial score (nSPS) is 16.1. The van der Waals surface area contributed by atoms with E-state index >= 15 is 0 Å². The molecule has 1 aromatic heterocycles. The molecule has 1 aliphatic heterocycles. The van der Waals surface area contributed by atoms with Crippen molar-refractivity contribution in [1.29, 1.82) is 0 Å². The Morgan fingerprint density at radius 2 is 1.86 bits per heavy atom. The Balaban J connectivity index is 1.46. The van der Waals surface area contributed by atoms with E-state index in [-0.39, 0.29) is 11.8 Å². The molecule has 1 atom stereocenters. The number of carbonyl (C=O) groups excluding carboxylic acids is 2. The van der Waals surface area contributed by atoms with Crippen molar-refractivity contribution in [3.8, 4) is 10.6 Å². The monoisotopic (exact) mass is 534 g/mol. The minimum absolute atomic E-state index is 0.142. The van der Waals surface area contributed by atoms with Crippen molar-refractivity contribution in [2.24, 2.45) is 0 Å². The van der Waals surface area contributed by atoms with Gasteiger partial charge in [-0.3, -0.25) is 14.9 Å². The number of aromatic nitrogens is 2. The number of rotatable bonds is 4. The minimum Gasteiger partial charge on any atom is -0.327 e. The number of nitrogens with zero attached hydrogens (tertiary/aromatic N) is 3. The highest BCUT2D eigenvalue weighted by Gasteiger charge is 2.35. The summed E-state index contributed by atoms with van der Waals surface area (Å²) < 4.78 is 1.81. The predicted octanol–water partition coefficient (Wildman–Crippen LogP) is 4.97. The van der Waals surface area contributed by atoms with Crippen molar-refractivity contribution in [3.05, 3.63) is 63.0 Å². The Bertz CT molecular complexity index is 1050. The molecule has 2 heterocycles. The zero-order valence-electron chi connectivity index (χ0n) is 15.1. The van der Waals surface area contributed by atoms with Gasteiger partial charge in [-0.1, -0.05) is 61.4 Å². The Morgan fingerprint density at radius 1 is 1.07 bits per heavy atom. The van der Waals surface area contributed by atoms with E-state index in [1.54, 1.807) is 17.0 Å². The van der Waals surface area contributed by atoms with Crippen LogP contribution in [0.25, 0.3) is 10.6 Å². The van der Waals surface area contributed by atoms with Crippen LogP contribution in [0.15, 0.2) is 57.5 Å². The van der Waals surface area contributed by atoms with E-state index in [4.69, 9.17) is 0 Å². The third-order valence-corrected chi connectivity index (χ3v) is 6.54. The largest absolute Gasteiger partial charge is 0.327 e. The van der Waals surface area contributed by atoms with Crippen molar-refractivity contribution >= 4 is 60.1 Å². The fourth-order valence-electron chi connectivity index (χ4n) is 3.24. The average molecular weight is 536 g/mol. The summed E-state index contributed by atoms with van der Waals surface area (Å²) in [4.78, 5) is 27.3. The number of nitrogens with one attached hydrogen (secondary N) is 1. The lowest BCUT2D eigenvalue weighted by atomic mass is 10.1. The third kappa shape index (κ3) is 4.57. The summed E-state index contributed by atoms with van der Waals surface area (Å²) in [5.41, 5.74) is 1.49. The van der Waals surface area contributed by atoms with Crippen LogP contribution in [0.4, 0.5) is 5.13 Å². The number of benzene rings is 2. The lowest BCUT2D eigenvalue weighted by molar-refractivity contribution is -0.119. The molecular weight excluding hydrogens is 520 g/mol. The van der Waals surface area contributed by atoms with Crippen LogP contribution < -0.4 is 5.32 Å². The van der Waals surface area contributed by atoms with Gasteiger partial charge in [-0.15, -0.1) is 10.2 Å². The number of anilines is 1. The zero-order chi connectivity index (χ0) is 20.4. The van der Waals surface area contributed by atoms with E-state index in [0.29, 0.717) is 23.7 Å². The minimum atomic E-state index is -0.512. The second kappa shape index (κ2) is 8.73. The fourth-order valence-corrected chi connectivity index (χ4v) is 4.66. The molecule has 0 spiro atoms. The molecule has 0 radical (unpaired) electrons. The molecule has 1 fully saturated rings. The molecule has 1 N–H and O–H groups in total. The van der Waals surface area contributed by atoms with Crippen molar-refractivity contribution in [2.45, 2.75) is 18.9 Å². The van der Waals surface area contributed by atoms with Gasteiger partial charge in [0.05, 0.1) is 0 Å². The summed E-state index contributed by atoms with van der Waals surface area (Å²) in [5, 5.41) is 12.2. The number of hydrogen-bond donors (Lipinski definition) is 1. The predicted molar refractivity (Wildman–Crippen MR) is 120 cm³/mol. The van der Waals surface area contributed by atoms with Crippen LogP contribution in [0.2, 0.25) is 0 Å². The third-order valence-electron chi connectivity index (χ3n) is 4.63. The smallest absolute Gasteiger partial charge is 0.254 e. The maximum Gasteiger partial charge on any atom is 0.254 e. The first-order valence-corrected chi connectivity index (χ1v) is 11.4. The van der Waals surface area contributed by atoms with E-state index < -0.39 is 6.04 Å². The quantitative estimate of drug-likeness (QED) is 0.511. The Labute approximate surface area is 188 Å². The molecule has 1 aliphatic rings. The van der Waals surface area contributed by atoms with Gasteiger partial charge in [-0.05, 0) is 43.2 Å². The summed E-state index contributed by atoms with van der Waals surface area (Å²) in [7, 11) is 0. The summed E-state index contributed by atoms with van der Waals surface area (Å²) in [5.74, 6) is -0.374. The summed E-state index contributed by atoms with van der Waals surface area (Å²) in [6, 6.07) is 14.4. The molecule has 0 saturated carbocycles. The second-order valence-electron chi connectivity index (χ2n) is 6.58. The van der Waals surface area contributed by atoms with E-state index in [0.717, 1.165) is 25.9 Å². The number of amides is 2. The van der Waals surface area contributed by atoms with E-state index in [9.17, 15) is 9.59 Å².